The lowest BCUT2D eigenvalue weighted by Crippen LogP contribution is -2.32. The number of ether oxygens (including phenoxy) is 3. The molecule has 0 aliphatic carbocycles. The molecule has 1 aliphatic heterocycles. The van der Waals surface area contributed by atoms with Crippen molar-refractivity contribution in [1.82, 2.24) is 4.90 Å². The molecule has 0 unspecified atom stereocenters. The van der Waals surface area contributed by atoms with Crippen LogP contribution in [0.1, 0.15) is 11.1 Å². The Balaban J connectivity index is 1.29. The third-order valence-electron chi connectivity index (χ3n) is 5.08. The zero-order valence-electron chi connectivity index (χ0n) is 19.1. The van der Waals surface area contributed by atoms with E-state index in [1.807, 2.05) is 55.5 Å². The van der Waals surface area contributed by atoms with Crippen molar-refractivity contribution in [1.29, 1.82) is 0 Å². The van der Waals surface area contributed by atoms with Crippen molar-refractivity contribution in [3.8, 4) is 17.2 Å². The number of hydrogen-bond donors (Lipinski definition) is 0. The summed E-state index contributed by atoms with van der Waals surface area (Å²) in [6.07, 6.45) is 1.69. The molecule has 3 aromatic carbocycles. The van der Waals surface area contributed by atoms with Crippen LogP contribution in [0.5, 0.6) is 17.2 Å². The second-order valence-electron chi connectivity index (χ2n) is 7.69. The minimum atomic E-state index is -0.347. The van der Waals surface area contributed by atoms with Crippen molar-refractivity contribution >= 4 is 40.6 Å². The predicted octanol–water partition coefficient (Wildman–Crippen LogP) is 6.22. The maximum Gasteiger partial charge on any atom is 0.293 e. The Hall–Kier alpha value is -3.42. The van der Waals surface area contributed by atoms with Crippen LogP contribution in [0.3, 0.4) is 0 Å². The van der Waals surface area contributed by atoms with Crippen molar-refractivity contribution in [3.63, 3.8) is 0 Å². The number of halogens is 1. The van der Waals surface area contributed by atoms with Gasteiger partial charge in [0.15, 0.2) is 0 Å². The number of benzene rings is 3. The van der Waals surface area contributed by atoms with E-state index in [1.165, 1.54) is 10.5 Å². The summed E-state index contributed by atoms with van der Waals surface area (Å²) in [5.41, 5.74) is 1.94. The summed E-state index contributed by atoms with van der Waals surface area (Å²) in [5, 5.41) is 0.148. The van der Waals surface area contributed by atoms with Crippen LogP contribution in [-0.2, 0) is 4.79 Å². The van der Waals surface area contributed by atoms with E-state index in [2.05, 4.69) is 0 Å². The highest BCUT2D eigenvalue weighted by atomic mass is 35.5. The van der Waals surface area contributed by atoms with Gasteiger partial charge in [0.2, 0.25) is 0 Å². The van der Waals surface area contributed by atoms with E-state index in [0.29, 0.717) is 34.6 Å². The SMILES string of the molecule is Cc1ccc(OCCOc2cccc(/C=C3\SC(=O)N(CCOc4ccccc4Cl)C3=O)c2)cc1. The predicted molar refractivity (Wildman–Crippen MR) is 138 cm³/mol. The van der Waals surface area contributed by atoms with Crippen LogP contribution in [0.4, 0.5) is 4.79 Å². The Morgan fingerprint density at radius 1 is 0.857 bits per heavy atom. The molecule has 4 rings (SSSR count). The molecule has 1 heterocycles. The average Bonchev–Trinajstić information content (AvgIpc) is 3.11. The quantitative estimate of drug-likeness (QED) is 0.239. The fourth-order valence-electron chi connectivity index (χ4n) is 3.30. The molecule has 0 atom stereocenters. The molecule has 0 bridgehead atoms. The number of amides is 2. The topological polar surface area (TPSA) is 65.1 Å². The maximum absolute atomic E-state index is 12.8. The van der Waals surface area contributed by atoms with E-state index in [4.69, 9.17) is 25.8 Å². The number of rotatable bonds is 10. The molecular formula is C27H24ClNO5S. The highest BCUT2D eigenvalue weighted by Crippen LogP contribution is 2.32. The van der Waals surface area contributed by atoms with Crippen molar-refractivity contribution in [2.24, 2.45) is 0 Å². The van der Waals surface area contributed by atoms with Crippen LogP contribution in [0.15, 0.2) is 77.7 Å². The summed E-state index contributed by atoms with van der Waals surface area (Å²) < 4.78 is 17.1. The van der Waals surface area contributed by atoms with E-state index in [9.17, 15) is 9.59 Å². The number of hydrogen-bond acceptors (Lipinski definition) is 6. The first kappa shape index (κ1) is 24.7. The average molecular weight is 510 g/mol. The van der Waals surface area contributed by atoms with Crippen molar-refractivity contribution in [3.05, 3.63) is 93.9 Å². The molecular weight excluding hydrogens is 486 g/mol. The molecule has 8 heteroatoms. The number of carbonyl (C=O) groups is 2. The summed E-state index contributed by atoms with van der Waals surface area (Å²) in [5.74, 6) is 1.61. The lowest BCUT2D eigenvalue weighted by Gasteiger charge is -2.13. The van der Waals surface area contributed by atoms with Crippen molar-refractivity contribution in [2.45, 2.75) is 6.92 Å². The molecule has 1 saturated heterocycles. The number of para-hydroxylation sites is 1. The lowest BCUT2D eigenvalue weighted by molar-refractivity contribution is -0.123. The smallest absolute Gasteiger partial charge is 0.293 e. The van der Waals surface area contributed by atoms with E-state index >= 15 is 0 Å². The van der Waals surface area contributed by atoms with Crippen molar-refractivity contribution in [2.75, 3.05) is 26.4 Å². The summed E-state index contributed by atoms with van der Waals surface area (Å²) in [7, 11) is 0. The van der Waals surface area contributed by atoms with Gasteiger partial charge >= 0.3 is 0 Å². The zero-order valence-corrected chi connectivity index (χ0v) is 20.7. The maximum atomic E-state index is 12.8. The standard InChI is InChI=1S/C27H24ClNO5S/c1-19-9-11-21(12-10-19)32-15-16-33-22-6-4-5-20(17-22)18-25-26(30)29(27(31)35-25)13-14-34-24-8-3-2-7-23(24)28/h2-12,17-18H,13-16H2,1H3/b25-18-. The normalized spacial score (nSPS) is 14.5. The first-order valence-corrected chi connectivity index (χ1v) is 12.2. The van der Waals surface area contributed by atoms with Gasteiger partial charge in [-0.25, -0.2) is 0 Å². The Bertz CT molecular complexity index is 1230. The van der Waals surface area contributed by atoms with E-state index in [0.717, 1.165) is 23.1 Å². The second kappa shape index (κ2) is 11.8. The Kier molecular flexibility index (Phi) is 8.34. The zero-order chi connectivity index (χ0) is 24.6. The largest absolute Gasteiger partial charge is 0.490 e. The van der Waals surface area contributed by atoms with E-state index < -0.39 is 0 Å². The third kappa shape index (κ3) is 6.81. The van der Waals surface area contributed by atoms with Crippen LogP contribution in [0, 0.1) is 6.92 Å². The lowest BCUT2D eigenvalue weighted by atomic mass is 10.2. The molecule has 3 aromatic rings. The van der Waals surface area contributed by atoms with Crippen LogP contribution >= 0.6 is 23.4 Å². The molecule has 1 fully saturated rings. The van der Waals surface area contributed by atoms with Gasteiger partial charge in [-0.3, -0.25) is 14.5 Å². The highest BCUT2D eigenvalue weighted by Gasteiger charge is 2.34. The highest BCUT2D eigenvalue weighted by molar-refractivity contribution is 8.18. The molecule has 1 aliphatic rings. The van der Waals surface area contributed by atoms with Gasteiger partial charge in [0, 0.05) is 0 Å². The van der Waals surface area contributed by atoms with Gasteiger partial charge in [0.1, 0.15) is 37.1 Å². The van der Waals surface area contributed by atoms with Gasteiger partial charge < -0.3 is 14.2 Å². The molecule has 0 saturated carbocycles. The van der Waals surface area contributed by atoms with Gasteiger partial charge in [0.05, 0.1) is 16.5 Å². The molecule has 180 valence electrons. The van der Waals surface area contributed by atoms with Crippen molar-refractivity contribution < 1.29 is 23.8 Å². The number of aryl methyl sites for hydroxylation is 1. The van der Waals surface area contributed by atoms with Crippen LogP contribution in [-0.4, -0.2) is 42.4 Å². The molecule has 2 amide bonds. The van der Waals surface area contributed by atoms with Crippen LogP contribution in [0.25, 0.3) is 6.08 Å². The number of imide groups is 1. The van der Waals surface area contributed by atoms with Gasteiger partial charge in [-0.1, -0.05) is 53.6 Å². The summed E-state index contributed by atoms with van der Waals surface area (Å²) in [4.78, 5) is 26.7. The first-order chi connectivity index (χ1) is 17.0. The molecule has 35 heavy (non-hydrogen) atoms. The van der Waals surface area contributed by atoms with Crippen LogP contribution in [0.2, 0.25) is 5.02 Å². The summed E-state index contributed by atoms with van der Waals surface area (Å²) in [6, 6.07) is 22.2. The number of thioether (sulfide) groups is 1. The summed E-state index contributed by atoms with van der Waals surface area (Å²) >= 11 is 6.98. The van der Waals surface area contributed by atoms with E-state index in [-0.39, 0.29) is 24.3 Å². The monoisotopic (exact) mass is 509 g/mol. The Labute approximate surface area is 213 Å². The van der Waals surface area contributed by atoms with Crippen LogP contribution < -0.4 is 14.2 Å². The first-order valence-electron chi connectivity index (χ1n) is 11.0. The van der Waals surface area contributed by atoms with Gasteiger partial charge in [-0.05, 0) is 66.7 Å². The molecule has 0 spiro atoms. The fourth-order valence-corrected chi connectivity index (χ4v) is 4.36. The Morgan fingerprint density at radius 3 is 2.37 bits per heavy atom. The number of carbonyl (C=O) groups excluding carboxylic acids is 2. The third-order valence-corrected chi connectivity index (χ3v) is 6.30. The second-order valence-corrected chi connectivity index (χ2v) is 9.10. The Morgan fingerprint density at radius 2 is 1.60 bits per heavy atom. The molecule has 6 nitrogen and oxygen atoms in total. The van der Waals surface area contributed by atoms with E-state index in [1.54, 1.807) is 30.3 Å². The van der Waals surface area contributed by atoms with Gasteiger partial charge in [0.25, 0.3) is 11.1 Å². The minimum absolute atomic E-state index is 0.136. The minimum Gasteiger partial charge on any atom is -0.490 e. The molecule has 0 N–H and O–H groups in total. The molecule has 0 radical (unpaired) electrons. The fraction of sp³-hybridized carbons (Fsp3) is 0.185. The molecule has 0 aromatic heterocycles. The van der Waals surface area contributed by atoms with Gasteiger partial charge in [-0.2, -0.15) is 0 Å². The summed E-state index contributed by atoms with van der Waals surface area (Å²) in [6.45, 7) is 3.10. The number of nitrogens with zero attached hydrogens (tertiary/aromatic N) is 1. The van der Waals surface area contributed by atoms with Gasteiger partial charge in [-0.15, -0.1) is 0 Å².